The van der Waals surface area contributed by atoms with Gasteiger partial charge >= 0.3 is 5.97 Å². The molecule has 102 valence electrons. The molecule has 0 spiro atoms. The molecule has 2 aliphatic rings. The third-order valence-electron chi connectivity index (χ3n) is 4.58. The van der Waals surface area contributed by atoms with Gasteiger partial charge in [-0.1, -0.05) is 6.42 Å². The highest BCUT2D eigenvalue weighted by atomic mass is 16.4. The lowest BCUT2D eigenvalue weighted by Crippen LogP contribution is -2.40. The van der Waals surface area contributed by atoms with Crippen LogP contribution >= 0.6 is 0 Å². The van der Waals surface area contributed by atoms with Crippen LogP contribution in [0.3, 0.4) is 0 Å². The first-order valence-corrected chi connectivity index (χ1v) is 6.70. The Balaban J connectivity index is 2.01. The maximum atomic E-state index is 12.4. The Labute approximate surface area is 107 Å². The Hall–Kier alpha value is -1.10. The second-order valence-corrected chi connectivity index (χ2v) is 5.91. The van der Waals surface area contributed by atoms with Crippen LogP contribution in [0.1, 0.15) is 32.6 Å². The Kier molecular flexibility index (Phi) is 3.61. The molecule has 0 radical (unpaired) electrons. The van der Waals surface area contributed by atoms with Gasteiger partial charge in [-0.25, -0.2) is 0 Å². The molecule has 0 aromatic rings. The van der Waals surface area contributed by atoms with Crippen LogP contribution in [-0.2, 0) is 9.59 Å². The number of aliphatic carboxylic acids is 1. The Morgan fingerprint density at radius 1 is 1.44 bits per heavy atom. The number of carboxylic acid groups (broad SMARTS) is 1. The SMILES string of the molecule is CC1(C(=O)O)CCN(C(=O)C2CCCC2CN)C1. The maximum Gasteiger partial charge on any atom is 0.311 e. The molecule has 1 saturated heterocycles. The smallest absolute Gasteiger partial charge is 0.311 e. The molecular weight excluding hydrogens is 232 g/mol. The molecule has 0 bridgehead atoms. The molecule has 5 nitrogen and oxygen atoms in total. The molecule has 5 heteroatoms. The number of nitrogens with zero attached hydrogens (tertiary/aromatic N) is 1. The van der Waals surface area contributed by atoms with E-state index in [-0.39, 0.29) is 17.7 Å². The Bertz CT molecular complexity index is 358. The molecule has 18 heavy (non-hydrogen) atoms. The van der Waals surface area contributed by atoms with Crippen LogP contribution in [0.5, 0.6) is 0 Å². The van der Waals surface area contributed by atoms with Crippen molar-refractivity contribution in [2.24, 2.45) is 23.0 Å². The van der Waals surface area contributed by atoms with E-state index in [0.29, 0.717) is 26.1 Å². The predicted molar refractivity (Wildman–Crippen MR) is 66.8 cm³/mol. The van der Waals surface area contributed by atoms with Gasteiger partial charge in [0.2, 0.25) is 5.91 Å². The van der Waals surface area contributed by atoms with Gasteiger partial charge in [-0.2, -0.15) is 0 Å². The normalized spacial score (nSPS) is 36.0. The minimum atomic E-state index is -0.806. The third kappa shape index (κ3) is 2.23. The lowest BCUT2D eigenvalue weighted by atomic mass is 9.90. The lowest BCUT2D eigenvalue weighted by Gasteiger charge is -2.25. The quantitative estimate of drug-likeness (QED) is 0.776. The summed E-state index contributed by atoms with van der Waals surface area (Å²) in [5.41, 5.74) is 4.93. The minimum Gasteiger partial charge on any atom is -0.481 e. The number of rotatable bonds is 3. The monoisotopic (exact) mass is 254 g/mol. The zero-order chi connectivity index (χ0) is 13.3. The van der Waals surface area contributed by atoms with Gasteiger partial charge in [0.05, 0.1) is 5.41 Å². The van der Waals surface area contributed by atoms with E-state index in [1.54, 1.807) is 11.8 Å². The van der Waals surface area contributed by atoms with Gasteiger partial charge in [0.1, 0.15) is 0 Å². The van der Waals surface area contributed by atoms with E-state index in [1.807, 2.05) is 0 Å². The summed E-state index contributed by atoms with van der Waals surface area (Å²) >= 11 is 0. The molecule has 3 N–H and O–H groups in total. The fraction of sp³-hybridized carbons (Fsp3) is 0.846. The molecule has 2 rings (SSSR count). The number of carbonyl (C=O) groups is 2. The maximum absolute atomic E-state index is 12.4. The molecule has 1 aliphatic carbocycles. The fourth-order valence-electron chi connectivity index (χ4n) is 3.20. The highest BCUT2D eigenvalue weighted by molar-refractivity contribution is 5.82. The molecule has 1 amide bonds. The van der Waals surface area contributed by atoms with Gasteiger partial charge in [0, 0.05) is 19.0 Å². The van der Waals surface area contributed by atoms with E-state index < -0.39 is 11.4 Å². The van der Waals surface area contributed by atoms with Crippen LogP contribution < -0.4 is 5.73 Å². The second kappa shape index (κ2) is 4.88. The van der Waals surface area contributed by atoms with Crippen LogP contribution in [0.15, 0.2) is 0 Å². The van der Waals surface area contributed by atoms with Crippen LogP contribution in [0, 0.1) is 17.3 Å². The Morgan fingerprint density at radius 2 is 2.17 bits per heavy atom. The third-order valence-corrected chi connectivity index (χ3v) is 4.58. The highest BCUT2D eigenvalue weighted by Gasteiger charge is 2.44. The van der Waals surface area contributed by atoms with Crippen molar-refractivity contribution in [2.45, 2.75) is 32.6 Å². The largest absolute Gasteiger partial charge is 0.481 e. The highest BCUT2D eigenvalue weighted by Crippen LogP contribution is 2.36. The topological polar surface area (TPSA) is 83.6 Å². The number of carboxylic acids is 1. The van der Waals surface area contributed by atoms with Crippen molar-refractivity contribution in [3.8, 4) is 0 Å². The molecule has 1 heterocycles. The fourth-order valence-corrected chi connectivity index (χ4v) is 3.20. The summed E-state index contributed by atoms with van der Waals surface area (Å²) in [6.45, 7) is 3.18. The van der Waals surface area contributed by atoms with E-state index in [2.05, 4.69) is 0 Å². The van der Waals surface area contributed by atoms with Crippen molar-refractivity contribution in [1.29, 1.82) is 0 Å². The number of nitrogens with two attached hydrogens (primary N) is 1. The van der Waals surface area contributed by atoms with Crippen molar-refractivity contribution < 1.29 is 14.7 Å². The zero-order valence-electron chi connectivity index (χ0n) is 10.9. The van der Waals surface area contributed by atoms with Crippen molar-refractivity contribution in [3.05, 3.63) is 0 Å². The first-order valence-electron chi connectivity index (χ1n) is 6.70. The van der Waals surface area contributed by atoms with Gasteiger partial charge in [-0.3, -0.25) is 9.59 Å². The zero-order valence-corrected chi connectivity index (χ0v) is 10.9. The standard InChI is InChI=1S/C13H22N2O3/c1-13(12(17)18)5-6-15(8-13)11(16)10-4-2-3-9(10)7-14/h9-10H,2-8,14H2,1H3,(H,17,18). The molecule has 0 aromatic carbocycles. The minimum absolute atomic E-state index is 0.0196. The number of hydrogen-bond acceptors (Lipinski definition) is 3. The predicted octanol–water partition coefficient (Wildman–Crippen LogP) is 0.685. The molecular formula is C13H22N2O3. The van der Waals surface area contributed by atoms with Crippen molar-refractivity contribution >= 4 is 11.9 Å². The Morgan fingerprint density at radius 3 is 2.72 bits per heavy atom. The van der Waals surface area contributed by atoms with Gasteiger partial charge in [0.15, 0.2) is 0 Å². The van der Waals surface area contributed by atoms with E-state index in [4.69, 9.17) is 5.73 Å². The van der Waals surface area contributed by atoms with Crippen LogP contribution in [-0.4, -0.2) is 41.5 Å². The number of amides is 1. The first kappa shape index (κ1) is 13.3. The van der Waals surface area contributed by atoms with E-state index in [1.165, 1.54) is 0 Å². The molecule has 3 atom stereocenters. The van der Waals surface area contributed by atoms with Crippen molar-refractivity contribution in [3.63, 3.8) is 0 Å². The van der Waals surface area contributed by atoms with Gasteiger partial charge in [-0.05, 0) is 38.6 Å². The van der Waals surface area contributed by atoms with Crippen LogP contribution in [0.2, 0.25) is 0 Å². The molecule has 1 aliphatic heterocycles. The van der Waals surface area contributed by atoms with E-state index in [0.717, 1.165) is 19.3 Å². The van der Waals surface area contributed by atoms with Crippen LogP contribution in [0.4, 0.5) is 0 Å². The van der Waals surface area contributed by atoms with Gasteiger partial charge in [-0.15, -0.1) is 0 Å². The summed E-state index contributed by atoms with van der Waals surface area (Å²) in [5.74, 6) is -0.382. The van der Waals surface area contributed by atoms with Gasteiger partial charge < -0.3 is 15.7 Å². The number of likely N-dealkylation sites (tertiary alicyclic amines) is 1. The van der Waals surface area contributed by atoms with Gasteiger partial charge in [0.25, 0.3) is 0 Å². The summed E-state index contributed by atoms with van der Waals surface area (Å²) in [4.78, 5) is 25.3. The summed E-state index contributed by atoms with van der Waals surface area (Å²) < 4.78 is 0. The van der Waals surface area contributed by atoms with Crippen molar-refractivity contribution in [1.82, 2.24) is 4.90 Å². The number of hydrogen-bond donors (Lipinski definition) is 2. The average molecular weight is 254 g/mol. The number of carbonyl (C=O) groups excluding carboxylic acids is 1. The van der Waals surface area contributed by atoms with Crippen molar-refractivity contribution in [2.75, 3.05) is 19.6 Å². The molecule has 3 unspecified atom stereocenters. The first-order chi connectivity index (χ1) is 8.48. The van der Waals surface area contributed by atoms with Crippen LogP contribution in [0.25, 0.3) is 0 Å². The summed E-state index contributed by atoms with van der Waals surface area (Å²) in [5, 5.41) is 9.18. The van der Waals surface area contributed by atoms with E-state index in [9.17, 15) is 14.7 Å². The summed E-state index contributed by atoms with van der Waals surface area (Å²) in [6.07, 6.45) is 3.54. The second-order valence-electron chi connectivity index (χ2n) is 5.91. The summed E-state index contributed by atoms with van der Waals surface area (Å²) in [7, 11) is 0. The molecule has 0 aromatic heterocycles. The van der Waals surface area contributed by atoms with E-state index >= 15 is 0 Å². The molecule has 2 fully saturated rings. The summed E-state index contributed by atoms with van der Waals surface area (Å²) in [6, 6.07) is 0. The molecule has 1 saturated carbocycles. The lowest BCUT2D eigenvalue weighted by molar-refractivity contribution is -0.147. The average Bonchev–Trinajstić information content (AvgIpc) is 2.94.